The van der Waals surface area contributed by atoms with Gasteiger partial charge in [-0.1, -0.05) is 18.2 Å². The molecule has 0 aliphatic carbocycles. The summed E-state index contributed by atoms with van der Waals surface area (Å²) in [4.78, 5) is 21.6. The van der Waals surface area contributed by atoms with Crippen molar-refractivity contribution in [3.63, 3.8) is 0 Å². The standard InChI is InChI=1S/C29H25F2N7O/c30-24-11-21(12-25(31)13-24)27-4-5-28(39)38(36-27)17-19-2-1-3-20(10-19)29-33-14-22(15-34-29)23-16-35-37(18-23)26-6-8-32-9-7-26/h1-5,10-16,18,26,32H,6-9,17H2. The van der Waals surface area contributed by atoms with Crippen molar-refractivity contribution in [1.82, 2.24) is 34.8 Å². The molecule has 0 unspecified atom stereocenters. The summed E-state index contributed by atoms with van der Waals surface area (Å²) >= 11 is 0. The molecule has 1 saturated heterocycles. The highest BCUT2D eigenvalue weighted by Gasteiger charge is 2.16. The van der Waals surface area contributed by atoms with Crippen LogP contribution in [-0.2, 0) is 6.54 Å². The van der Waals surface area contributed by atoms with E-state index < -0.39 is 11.6 Å². The Morgan fingerprint density at radius 2 is 1.62 bits per heavy atom. The van der Waals surface area contributed by atoms with Crippen LogP contribution in [0, 0.1) is 11.6 Å². The van der Waals surface area contributed by atoms with Crippen LogP contribution in [0.1, 0.15) is 24.4 Å². The molecule has 6 rings (SSSR count). The lowest BCUT2D eigenvalue weighted by atomic mass is 10.1. The Balaban J connectivity index is 1.21. The second kappa shape index (κ2) is 10.7. The predicted molar refractivity (Wildman–Crippen MR) is 143 cm³/mol. The Kier molecular flexibility index (Phi) is 6.76. The molecule has 10 heteroatoms. The molecule has 4 heterocycles. The summed E-state index contributed by atoms with van der Waals surface area (Å²) in [5.74, 6) is -0.867. The third-order valence-corrected chi connectivity index (χ3v) is 6.81. The van der Waals surface area contributed by atoms with Crippen molar-refractivity contribution >= 4 is 0 Å². The van der Waals surface area contributed by atoms with E-state index in [0.29, 0.717) is 17.6 Å². The fraction of sp³-hybridized carbons (Fsp3) is 0.207. The lowest BCUT2D eigenvalue weighted by molar-refractivity contribution is 0.343. The zero-order valence-electron chi connectivity index (χ0n) is 21.0. The maximum atomic E-state index is 13.7. The van der Waals surface area contributed by atoms with E-state index in [4.69, 9.17) is 0 Å². The Morgan fingerprint density at radius 3 is 2.38 bits per heavy atom. The number of nitrogens with zero attached hydrogens (tertiary/aromatic N) is 6. The van der Waals surface area contributed by atoms with Crippen LogP contribution in [-0.4, -0.2) is 42.6 Å². The quantitative estimate of drug-likeness (QED) is 0.352. The molecule has 39 heavy (non-hydrogen) atoms. The zero-order valence-corrected chi connectivity index (χ0v) is 21.0. The lowest BCUT2D eigenvalue weighted by Crippen LogP contribution is -2.29. The van der Waals surface area contributed by atoms with Crippen LogP contribution in [0.2, 0.25) is 0 Å². The topological polar surface area (TPSA) is 90.5 Å². The van der Waals surface area contributed by atoms with Gasteiger partial charge in [0.1, 0.15) is 11.6 Å². The number of hydrogen-bond acceptors (Lipinski definition) is 6. The number of piperidine rings is 1. The smallest absolute Gasteiger partial charge is 0.267 e. The lowest BCUT2D eigenvalue weighted by Gasteiger charge is -2.22. The van der Waals surface area contributed by atoms with Crippen LogP contribution in [0.5, 0.6) is 0 Å². The highest BCUT2D eigenvalue weighted by atomic mass is 19.1. The van der Waals surface area contributed by atoms with E-state index in [1.165, 1.54) is 28.9 Å². The Morgan fingerprint density at radius 1 is 0.846 bits per heavy atom. The molecule has 1 aliphatic heterocycles. The van der Waals surface area contributed by atoms with Crippen molar-refractivity contribution in [1.29, 1.82) is 0 Å². The molecule has 8 nitrogen and oxygen atoms in total. The summed E-state index contributed by atoms with van der Waals surface area (Å²) in [6, 6.07) is 13.9. The Labute approximate surface area is 223 Å². The minimum absolute atomic E-state index is 0.173. The molecule has 1 N–H and O–H groups in total. The van der Waals surface area contributed by atoms with E-state index >= 15 is 0 Å². The van der Waals surface area contributed by atoms with Crippen molar-refractivity contribution in [2.24, 2.45) is 0 Å². The number of aromatic nitrogens is 6. The Bertz CT molecular complexity index is 1650. The van der Waals surface area contributed by atoms with Gasteiger partial charge in [0.25, 0.3) is 5.56 Å². The van der Waals surface area contributed by atoms with Gasteiger partial charge in [0.05, 0.1) is 24.5 Å². The number of halogens is 2. The van der Waals surface area contributed by atoms with Crippen LogP contribution in [0.25, 0.3) is 33.8 Å². The van der Waals surface area contributed by atoms with Gasteiger partial charge in [0.2, 0.25) is 0 Å². The minimum Gasteiger partial charge on any atom is -0.317 e. The van der Waals surface area contributed by atoms with E-state index in [1.807, 2.05) is 41.3 Å². The average Bonchev–Trinajstić information content (AvgIpc) is 3.45. The molecule has 0 radical (unpaired) electrons. The number of benzene rings is 2. The fourth-order valence-corrected chi connectivity index (χ4v) is 4.78. The van der Waals surface area contributed by atoms with Crippen molar-refractivity contribution < 1.29 is 8.78 Å². The van der Waals surface area contributed by atoms with Crippen molar-refractivity contribution in [2.45, 2.75) is 25.4 Å². The van der Waals surface area contributed by atoms with E-state index in [0.717, 1.165) is 54.3 Å². The van der Waals surface area contributed by atoms with Gasteiger partial charge >= 0.3 is 0 Å². The van der Waals surface area contributed by atoms with Crippen molar-refractivity contribution in [2.75, 3.05) is 13.1 Å². The fourth-order valence-electron chi connectivity index (χ4n) is 4.78. The van der Waals surface area contributed by atoms with Crippen molar-refractivity contribution in [3.8, 4) is 33.8 Å². The highest BCUT2D eigenvalue weighted by molar-refractivity contribution is 5.63. The monoisotopic (exact) mass is 525 g/mol. The maximum Gasteiger partial charge on any atom is 0.267 e. The molecule has 1 fully saturated rings. The van der Waals surface area contributed by atoms with Gasteiger partial charge in [-0.05, 0) is 55.8 Å². The van der Waals surface area contributed by atoms with Gasteiger partial charge in [0.15, 0.2) is 5.82 Å². The molecule has 5 aromatic rings. The van der Waals surface area contributed by atoms with Crippen LogP contribution < -0.4 is 10.9 Å². The predicted octanol–water partition coefficient (Wildman–Crippen LogP) is 4.48. The summed E-state index contributed by atoms with van der Waals surface area (Å²) in [6.07, 6.45) is 9.58. The van der Waals surface area contributed by atoms with Gasteiger partial charge in [-0.3, -0.25) is 9.48 Å². The average molecular weight is 526 g/mol. The molecular weight excluding hydrogens is 500 g/mol. The van der Waals surface area contributed by atoms with E-state index in [-0.39, 0.29) is 17.7 Å². The van der Waals surface area contributed by atoms with Gasteiger partial charge in [-0.25, -0.2) is 23.4 Å². The number of hydrogen-bond donors (Lipinski definition) is 1. The zero-order chi connectivity index (χ0) is 26.8. The van der Waals surface area contributed by atoms with E-state index in [2.05, 4.69) is 25.5 Å². The molecule has 0 atom stereocenters. The molecule has 3 aromatic heterocycles. The second-order valence-corrected chi connectivity index (χ2v) is 9.56. The van der Waals surface area contributed by atoms with Crippen LogP contribution in [0.4, 0.5) is 8.78 Å². The summed E-state index contributed by atoms with van der Waals surface area (Å²) < 4.78 is 30.7. The molecule has 196 valence electrons. The van der Waals surface area contributed by atoms with Gasteiger partial charge < -0.3 is 5.32 Å². The van der Waals surface area contributed by atoms with Crippen molar-refractivity contribution in [3.05, 3.63) is 107 Å². The Hall–Kier alpha value is -4.57. The second-order valence-electron chi connectivity index (χ2n) is 9.56. The first kappa shape index (κ1) is 24.7. The highest BCUT2D eigenvalue weighted by Crippen LogP contribution is 2.24. The van der Waals surface area contributed by atoms with Gasteiger partial charge in [-0.15, -0.1) is 0 Å². The number of rotatable bonds is 6. The first-order chi connectivity index (χ1) is 19.0. The molecular formula is C29H25F2N7O. The first-order valence-corrected chi connectivity index (χ1v) is 12.7. The molecule has 2 aromatic carbocycles. The van der Waals surface area contributed by atoms with Gasteiger partial charge in [0, 0.05) is 53.0 Å². The SMILES string of the molecule is O=c1ccc(-c2cc(F)cc(F)c2)nn1Cc1cccc(-c2ncc(-c3cnn(C4CCNCC4)c3)cn2)c1. The molecule has 0 amide bonds. The van der Waals surface area contributed by atoms with E-state index in [9.17, 15) is 13.6 Å². The summed E-state index contributed by atoms with van der Waals surface area (Å²) in [6.45, 7) is 2.17. The maximum absolute atomic E-state index is 13.7. The van der Waals surface area contributed by atoms with Crippen LogP contribution in [0.15, 0.2) is 84.2 Å². The summed E-state index contributed by atoms with van der Waals surface area (Å²) in [7, 11) is 0. The van der Waals surface area contributed by atoms with Gasteiger partial charge in [-0.2, -0.15) is 10.2 Å². The molecule has 0 bridgehead atoms. The summed E-state index contributed by atoms with van der Waals surface area (Å²) in [5, 5.41) is 12.3. The minimum atomic E-state index is -0.709. The number of nitrogens with one attached hydrogen (secondary N) is 1. The largest absolute Gasteiger partial charge is 0.317 e. The molecule has 1 aliphatic rings. The third kappa shape index (κ3) is 5.51. The third-order valence-electron chi connectivity index (χ3n) is 6.81. The van der Waals surface area contributed by atoms with Crippen LogP contribution >= 0.6 is 0 Å². The normalized spacial score (nSPS) is 14.0. The molecule has 0 saturated carbocycles. The first-order valence-electron chi connectivity index (χ1n) is 12.7. The summed E-state index contributed by atoms with van der Waals surface area (Å²) in [5.41, 5.74) is 3.68. The van der Waals surface area contributed by atoms with Crippen LogP contribution in [0.3, 0.4) is 0 Å². The molecule has 0 spiro atoms. The van der Waals surface area contributed by atoms with E-state index in [1.54, 1.807) is 12.4 Å².